The van der Waals surface area contributed by atoms with Crippen molar-refractivity contribution < 1.29 is 9.53 Å². The number of carbonyl (C=O) groups excluding carboxylic acids is 1. The predicted octanol–water partition coefficient (Wildman–Crippen LogP) is 2.01. The first kappa shape index (κ1) is 11.6. The van der Waals surface area contributed by atoms with Gasteiger partial charge in [0.25, 0.3) is 0 Å². The molecule has 2 N–H and O–H groups in total. The zero-order valence-corrected chi connectivity index (χ0v) is 9.19. The summed E-state index contributed by atoms with van der Waals surface area (Å²) < 4.78 is 5.07. The lowest BCUT2D eigenvalue weighted by molar-refractivity contribution is -0.143. The Bertz CT molecular complexity index is 334. The van der Waals surface area contributed by atoms with E-state index in [1.807, 2.05) is 26.0 Å². The first-order chi connectivity index (χ1) is 7.08. The molecular formula is C12H17NO2. The zero-order chi connectivity index (χ0) is 11.3. The molecule has 0 unspecified atom stereocenters. The minimum absolute atomic E-state index is 0.200. The number of hydrogen-bond acceptors (Lipinski definition) is 3. The van der Waals surface area contributed by atoms with E-state index in [-0.39, 0.29) is 12.4 Å². The number of carbonyl (C=O) groups is 1. The molecule has 0 atom stereocenters. The van der Waals surface area contributed by atoms with Crippen LogP contribution < -0.4 is 5.73 Å². The summed E-state index contributed by atoms with van der Waals surface area (Å²) in [5.74, 6) is 0.170. The van der Waals surface area contributed by atoms with E-state index < -0.39 is 0 Å². The van der Waals surface area contributed by atoms with Crippen molar-refractivity contribution >= 4 is 11.7 Å². The van der Waals surface area contributed by atoms with Crippen LogP contribution in [0.3, 0.4) is 0 Å². The number of rotatable bonds is 4. The number of ether oxygens (including phenoxy) is 1. The Morgan fingerprint density at radius 2 is 2.20 bits per heavy atom. The number of esters is 1. The monoisotopic (exact) mass is 207 g/mol. The van der Waals surface area contributed by atoms with Crippen molar-refractivity contribution in [1.82, 2.24) is 0 Å². The van der Waals surface area contributed by atoms with Crippen LogP contribution in [0, 0.1) is 5.92 Å². The van der Waals surface area contributed by atoms with Gasteiger partial charge in [-0.1, -0.05) is 26.0 Å². The highest BCUT2D eigenvalue weighted by Gasteiger charge is 2.05. The van der Waals surface area contributed by atoms with E-state index in [0.717, 1.165) is 5.56 Å². The number of nitrogen functional groups attached to an aromatic ring is 1. The molecular weight excluding hydrogens is 190 g/mol. The maximum absolute atomic E-state index is 11.4. The molecule has 3 heteroatoms. The van der Waals surface area contributed by atoms with Gasteiger partial charge in [-0.25, -0.2) is 0 Å². The Kier molecular flexibility index (Phi) is 4.16. The molecule has 0 aliphatic carbocycles. The third-order valence-electron chi connectivity index (χ3n) is 1.88. The second-order valence-electron chi connectivity index (χ2n) is 4.00. The number of benzene rings is 1. The van der Waals surface area contributed by atoms with E-state index >= 15 is 0 Å². The zero-order valence-electron chi connectivity index (χ0n) is 9.19. The molecule has 0 heterocycles. The lowest BCUT2D eigenvalue weighted by atomic mass is 10.1. The molecule has 0 bridgehead atoms. The summed E-state index contributed by atoms with van der Waals surface area (Å²) in [6.45, 7) is 4.49. The Balaban J connectivity index is 2.44. The summed E-state index contributed by atoms with van der Waals surface area (Å²) in [6, 6.07) is 7.28. The highest BCUT2D eigenvalue weighted by molar-refractivity contribution is 5.73. The molecule has 0 aliphatic rings. The fourth-order valence-electron chi connectivity index (χ4n) is 1.18. The van der Waals surface area contributed by atoms with E-state index in [2.05, 4.69) is 0 Å². The molecule has 0 amide bonds. The maximum Gasteiger partial charge on any atom is 0.310 e. The van der Waals surface area contributed by atoms with Gasteiger partial charge in [0.15, 0.2) is 0 Å². The van der Waals surface area contributed by atoms with Crippen LogP contribution in [-0.2, 0) is 16.0 Å². The number of anilines is 1. The van der Waals surface area contributed by atoms with Gasteiger partial charge in [-0.3, -0.25) is 4.79 Å². The SMILES string of the molecule is CC(C)COC(=O)Cc1cccc(N)c1. The Labute approximate surface area is 90.2 Å². The van der Waals surface area contributed by atoms with Gasteiger partial charge in [0.2, 0.25) is 0 Å². The first-order valence-electron chi connectivity index (χ1n) is 5.08. The van der Waals surface area contributed by atoms with E-state index in [1.165, 1.54) is 0 Å². The highest BCUT2D eigenvalue weighted by Crippen LogP contribution is 2.08. The minimum Gasteiger partial charge on any atom is -0.465 e. The Morgan fingerprint density at radius 1 is 1.47 bits per heavy atom. The topological polar surface area (TPSA) is 52.3 Å². The van der Waals surface area contributed by atoms with E-state index in [9.17, 15) is 4.79 Å². The molecule has 0 radical (unpaired) electrons. The second kappa shape index (κ2) is 5.39. The summed E-state index contributed by atoms with van der Waals surface area (Å²) in [7, 11) is 0. The van der Waals surface area contributed by atoms with Gasteiger partial charge in [0.05, 0.1) is 13.0 Å². The van der Waals surface area contributed by atoms with Crippen molar-refractivity contribution in [2.24, 2.45) is 5.92 Å². The summed E-state index contributed by atoms with van der Waals surface area (Å²) in [5.41, 5.74) is 7.17. The average Bonchev–Trinajstić information content (AvgIpc) is 2.15. The molecule has 1 aromatic rings. The van der Waals surface area contributed by atoms with Gasteiger partial charge >= 0.3 is 5.97 Å². The van der Waals surface area contributed by atoms with Crippen molar-refractivity contribution in [3.63, 3.8) is 0 Å². The summed E-state index contributed by atoms with van der Waals surface area (Å²) in [6.07, 6.45) is 0.289. The van der Waals surface area contributed by atoms with Crippen molar-refractivity contribution in [2.75, 3.05) is 12.3 Å². The molecule has 0 aromatic heterocycles. The summed E-state index contributed by atoms with van der Waals surface area (Å²) in [5, 5.41) is 0. The van der Waals surface area contributed by atoms with Crippen LogP contribution in [0.2, 0.25) is 0 Å². The molecule has 1 rings (SSSR count). The number of hydrogen-bond donors (Lipinski definition) is 1. The largest absolute Gasteiger partial charge is 0.465 e. The fourth-order valence-corrected chi connectivity index (χ4v) is 1.18. The van der Waals surface area contributed by atoms with Crippen LogP contribution in [0.1, 0.15) is 19.4 Å². The van der Waals surface area contributed by atoms with E-state index in [4.69, 9.17) is 10.5 Å². The van der Waals surface area contributed by atoms with Crippen molar-refractivity contribution in [1.29, 1.82) is 0 Å². The normalized spacial score (nSPS) is 10.3. The molecule has 0 saturated heterocycles. The molecule has 82 valence electrons. The minimum atomic E-state index is -0.200. The van der Waals surface area contributed by atoms with Crippen LogP contribution in [0.4, 0.5) is 5.69 Å². The molecule has 0 fully saturated rings. The Morgan fingerprint density at radius 3 is 2.80 bits per heavy atom. The molecule has 0 saturated carbocycles. The van der Waals surface area contributed by atoms with Gasteiger partial charge in [0.1, 0.15) is 0 Å². The fraction of sp³-hybridized carbons (Fsp3) is 0.417. The Hall–Kier alpha value is -1.51. The van der Waals surface area contributed by atoms with Crippen molar-refractivity contribution in [2.45, 2.75) is 20.3 Å². The smallest absolute Gasteiger partial charge is 0.310 e. The quantitative estimate of drug-likeness (QED) is 0.607. The highest BCUT2D eigenvalue weighted by atomic mass is 16.5. The molecule has 3 nitrogen and oxygen atoms in total. The van der Waals surface area contributed by atoms with Gasteiger partial charge in [-0.05, 0) is 23.6 Å². The standard InChI is InChI=1S/C12H17NO2/c1-9(2)8-15-12(14)7-10-4-3-5-11(13)6-10/h3-6,9H,7-8,13H2,1-2H3. The van der Waals surface area contributed by atoms with Crippen LogP contribution >= 0.6 is 0 Å². The van der Waals surface area contributed by atoms with Gasteiger partial charge in [0, 0.05) is 5.69 Å². The van der Waals surface area contributed by atoms with Gasteiger partial charge < -0.3 is 10.5 Å². The van der Waals surface area contributed by atoms with Crippen LogP contribution in [0.5, 0.6) is 0 Å². The van der Waals surface area contributed by atoms with Crippen LogP contribution in [0.15, 0.2) is 24.3 Å². The lowest BCUT2D eigenvalue weighted by Crippen LogP contribution is -2.12. The number of nitrogens with two attached hydrogens (primary N) is 1. The lowest BCUT2D eigenvalue weighted by Gasteiger charge is -2.07. The second-order valence-corrected chi connectivity index (χ2v) is 4.00. The van der Waals surface area contributed by atoms with E-state index in [1.54, 1.807) is 12.1 Å². The third-order valence-corrected chi connectivity index (χ3v) is 1.88. The average molecular weight is 207 g/mol. The first-order valence-corrected chi connectivity index (χ1v) is 5.08. The molecule has 0 aliphatic heterocycles. The third kappa shape index (κ3) is 4.49. The van der Waals surface area contributed by atoms with Gasteiger partial charge in [-0.15, -0.1) is 0 Å². The van der Waals surface area contributed by atoms with Crippen LogP contribution in [-0.4, -0.2) is 12.6 Å². The molecule has 15 heavy (non-hydrogen) atoms. The summed E-state index contributed by atoms with van der Waals surface area (Å²) >= 11 is 0. The van der Waals surface area contributed by atoms with Gasteiger partial charge in [-0.2, -0.15) is 0 Å². The molecule has 0 spiro atoms. The molecule has 1 aromatic carbocycles. The van der Waals surface area contributed by atoms with Crippen LogP contribution in [0.25, 0.3) is 0 Å². The van der Waals surface area contributed by atoms with Crippen molar-refractivity contribution in [3.8, 4) is 0 Å². The summed E-state index contributed by atoms with van der Waals surface area (Å²) in [4.78, 5) is 11.4. The maximum atomic E-state index is 11.4. The van der Waals surface area contributed by atoms with Crippen molar-refractivity contribution in [3.05, 3.63) is 29.8 Å². The van der Waals surface area contributed by atoms with E-state index in [0.29, 0.717) is 18.2 Å². The predicted molar refractivity (Wildman–Crippen MR) is 60.4 cm³/mol.